The van der Waals surface area contributed by atoms with E-state index in [-0.39, 0.29) is 17.2 Å². The first-order chi connectivity index (χ1) is 9.60. The van der Waals surface area contributed by atoms with Gasteiger partial charge in [0.1, 0.15) is 5.03 Å². The summed E-state index contributed by atoms with van der Waals surface area (Å²) in [5.74, 6) is -1.07. The smallest absolute Gasteiger partial charge is 0.232 e. The fraction of sp³-hybridized carbons (Fsp3) is 0.500. The maximum absolute atomic E-state index is 12.1. The van der Waals surface area contributed by atoms with Crippen LogP contribution in [-0.2, 0) is 4.79 Å². The van der Waals surface area contributed by atoms with Crippen LogP contribution in [0.1, 0.15) is 37.0 Å². The van der Waals surface area contributed by atoms with Gasteiger partial charge in [-0.3, -0.25) is 4.79 Å². The minimum absolute atomic E-state index is 0.00801. The zero-order chi connectivity index (χ0) is 15.0. The summed E-state index contributed by atoms with van der Waals surface area (Å²) < 4.78 is 0. The largest absolute Gasteiger partial charge is 0.545 e. The van der Waals surface area contributed by atoms with E-state index in [1.54, 1.807) is 4.90 Å². The van der Waals surface area contributed by atoms with E-state index in [9.17, 15) is 14.7 Å². The normalized spacial score (nSPS) is 10.3. The first-order valence-electron chi connectivity index (χ1n) is 6.67. The van der Waals surface area contributed by atoms with E-state index in [1.165, 1.54) is 18.3 Å². The number of hydrogen-bond acceptors (Lipinski definition) is 5. The molecule has 0 radical (unpaired) electrons. The van der Waals surface area contributed by atoms with Gasteiger partial charge in [-0.25, -0.2) is 4.98 Å². The third-order valence-corrected chi connectivity index (χ3v) is 3.65. The number of aromatic nitrogens is 1. The van der Waals surface area contributed by atoms with Crippen molar-refractivity contribution in [3.63, 3.8) is 0 Å². The fourth-order valence-corrected chi connectivity index (χ4v) is 2.67. The summed E-state index contributed by atoms with van der Waals surface area (Å²) in [7, 11) is 0. The second-order valence-electron chi connectivity index (χ2n) is 4.31. The Labute approximate surface area is 123 Å². The molecule has 0 fully saturated rings. The zero-order valence-electron chi connectivity index (χ0n) is 11.8. The SMILES string of the molecule is CCCN(CCC)C(=O)CSc1ncccc1C(=O)[O-]. The summed E-state index contributed by atoms with van der Waals surface area (Å²) in [6, 6.07) is 2.97. The predicted octanol–water partition coefficient (Wildman–Crippen LogP) is 1.19. The molecule has 0 aliphatic rings. The Bertz CT molecular complexity index is 459. The van der Waals surface area contributed by atoms with Gasteiger partial charge >= 0.3 is 0 Å². The van der Waals surface area contributed by atoms with Gasteiger partial charge in [0, 0.05) is 24.8 Å². The molecule has 0 spiro atoms. The van der Waals surface area contributed by atoms with Gasteiger partial charge in [0.2, 0.25) is 5.91 Å². The molecule has 0 aliphatic heterocycles. The monoisotopic (exact) mass is 295 g/mol. The second kappa shape index (κ2) is 8.58. The number of amides is 1. The van der Waals surface area contributed by atoms with Crippen molar-refractivity contribution in [2.75, 3.05) is 18.8 Å². The average Bonchev–Trinajstić information content (AvgIpc) is 2.44. The lowest BCUT2D eigenvalue weighted by molar-refractivity contribution is -0.255. The summed E-state index contributed by atoms with van der Waals surface area (Å²) >= 11 is 1.14. The highest BCUT2D eigenvalue weighted by Gasteiger charge is 2.14. The first-order valence-corrected chi connectivity index (χ1v) is 7.65. The molecule has 1 rings (SSSR count). The molecular formula is C14H19N2O3S-. The Hall–Kier alpha value is -1.56. The van der Waals surface area contributed by atoms with Crippen LogP contribution in [0.3, 0.4) is 0 Å². The van der Waals surface area contributed by atoms with Crippen LogP contribution in [0, 0.1) is 0 Å². The van der Waals surface area contributed by atoms with Gasteiger partial charge in [-0.2, -0.15) is 0 Å². The summed E-state index contributed by atoms with van der Waals surface area (Å²) in [5, 5.41) is 11.3. The van der Waals surface area contributed by atoms with Crippen LogP contribution in [0.4, 0.5) is 0 Å². The van der Waals surface area contributed by atoms with Crippen molar-refractivity contribution in [3.8, 4) is 0 Å². The fourth-order valence-electron chi connectivity index (χ4n) is 1.78. The number of hydrogen-bond donors (Lipinski definition) is 0. The molecule has 1 aromatic rings. The van der Waals surface area contributed by atoms with E-state index < -0.39 is 5.97 Å². The Morgan fingerprint density at radius 1 is 1.30 bits per heavy atom. The Morgan fingerprint density at radius 3 is 2.50 bits per heavy atom. The van der Waals surface area contributed by atoms with Crippen LogP contribution in [0.5, 0.6) is 0 Å². The van der Waals surface area contributed by atoms with Gasteiger partial charge in [0.15, 0.2) is 0 Å². The number of carboxylic acids is 1. The van der Waals surface area contributed by atoms with Crippen molar-refractivity contribution in [1.82, 2.24) is 9.88 Å². The van der Waals surface area contributed by atoms with Crippen molar-refractivity contribution in [3.05, 3.63) is 23.9 Å². The Morgan fingerprint density at radius 2 is 1.95 bits per heavy atom. The Balaban J connectivity index is 2.66. The number of carbonyl (C=O) groups excluding carboxylic acids is 2. The third-order valence-electron chi connectivity index (χ3n) is 2.66. The third kappa shape index (κ3) is 4.85. The second-order valence-corrected chi connectivity index (χ2v) is 5.28. The molecule has 1 heterocycles. The molecular weight excluding hydrogens is 276 g/mol. The number of thioether (sulfide) groups is 1. The maximum Gasteiger partial charge on any atom is 0.232 e. The van der Waals surface area contributed by atoms with Crippen molar-refractivity contribution in [2.24, 2.45) is 0 Å². The zero-order valence-corrected chi connectivity index (χ0v) is 12.6. The summed E-state index contributed by atoms with van der Waals surface area (Å²) in [4.78, 5) is 28.8. The highest BCUT2D eigenvalue weighted by atomic mass is 32.2. The first kappa shape index (κ1) is 16.5. The molecule has 110 valence electrons. The van der Waals surface area contributed by atoms with E-state index in [0.29, 0.717) is 5.03 Å². The molecule has 0 aromatic carbocycles. The van der Waals surface area contributed by atoms with Crippen LogP contribution >= 0.6 is 11.8 Å². The van der Waals surface area contributed by atoms with E-state index >= 15 is 0 Å². The molecule has 6 heteroatoms. The summed E-state index contributed by atoms with van der Waals surface area (Å²) in [6.45, 7) is 5.50. The van der Waals surface area contributed by atoms with E-state index in [2.05, 4.69) is 4.98 Å². The van der Waals surface area contributed by atoms with E-state index in [4.69, 9.17) is 0 Å². The van der Waals surface area contributed by atoms with Crippen molar-refractivity contribution >= 4 is 23.6 Å². The van der Waals surface area contributed by atoms with Gasteiger partial charge in [-0.1, -0.05) is 25.6 Å². The van der Waals surface area contributed by atoms with Crippen LogP contribution in [0.15, 0.2) is 23.4 Å². The minimum atomic E-state index is -1.27. The molecule has 5 nitrogen and oxygen atoms in total. The molecule has 1 aromatic heterocycles. The topological polar surface area (TPSA) is 73.3 Å². The number of rotatable bonds is 8. The van der Waals surface area contributed by atoms with Gasteiger partial charge in [0.25, 0.3) is 0 Å². The highest BCUT2D eigenvalue weighted by Crippen LogP contribution is 2.20. The molecule has 0 saturated heterocycles. The lowest BCUT2D eigenvalue weighted by atomic mass is 10.3. The molecule has 20 heavy (non-hydrogen) atoms. The number of pyridine rings is 1. The average molecular weight is 295 g/mol. The predicted molar refractivity (Wildman–Crippen MR) is 76.5 cm³/mol. The number of nitrogens with zero attached hydrogens (tertiary/aromatic N) is 2. The maximum atomic E-state index is 12.1. The number of carbonyl (C=O) groups is 2. The van der Waals surface area contributed by atoms with Gasteiger partial charge in [-0.05, 0) is 25.0 Å². The van der Waals surface area contributed by atoms with Gasteiger partial charge in [-0.15, -0.1) is 0 Å². The lowest BCUT2D eigenvalue weighted by Gasteiger charge is -2.21. The lowest BCUT2D eigenvalue weighted by Crippen LogP contribution is -2.34. The molecule has 0 N–H and O–H groups in total. The molecule has 0 saturated carbocycles. The molecule has 0 atom stereocenters. The van der Waals surface area contributed by atoms with E-state index in [1.807, 2.05) is 13.8 Å². The van der Waals surface area contributed by atoms with Crippen LogP contribution in [0.2, 0.25) is 0 Å². The molecule has 0 bridgehead atoms. The van der Waals surface area contributed by atoms with Gasteiger partial charge < -0.3 is 14.8 Å². The molecule has 0 aliphatic carbocycles. The van der Waals surface area contributed by atoms with Gasteiger partial charge in [0.05, 0.1) is 11.7 Å². The summed E-state index contributed by atoms with van der Waals surface area (Å²) in [5.41, 5.74) is 0.0304. The highest BCUT2D eigenvalue weighted by molar-refractivity contribution is 8.00. The van der Waals surface area contributed by atoms with Crippen molar-refractivity contribution < 1.29 is 14.7 Å². The van der Waals surface area contributed by atoms with Crippen molar-refractivity contribution in [1.29, 1.82) is 0 Å². The Kier molecular flexibility index (Phi) is 7.08. The quantitative estimate of drug-likeness (QED) is 0.673. The minimum Gasteiger partial charge on any atom is -0.545 e. The van der Waals surface area contributed by atoms with Crippen LogP contribution < -0.4 is 5.11 Å². The summed E-state index contributed by atoms with van der Waals surface area (Å²) in [6.07, 6.45) is 3.32. The van der Waals surface area contributed by atoms with Crippen molar-refractivity contribution in [2.45, 2.75) is 31.7 Å². The number of carboxylic acid groups (broad SMARTS) is 1. The number of aromatic carboxylic acids is 1. The van der Waals surface area contributed by atoms with E-state index in [0.717, 1.165) is 37.7 Å². The molecule has 1 amide bonds. The standard InChI is InChI=1S/C14H20N2O3S/c1-3-8-16(9-4-2)12(17)10-20-13-11(14(18)19)6-5-7-15-13/h5-7H,3-4,8-10H2,1-2H3,(H,18,19)/p-1. The van der Waals surface area contributed by atoms with Crippen LogP contribution in [-0.4, -0.2) is 40.6 Å². The molecule has 0 unspecified atom stereocenters. The van der Waals surface area contributed by atoms with Crippen LogP contribution in [0.25, 0.3) is 0 Å².